The molecule has 3 aromatic rings. The average molecular weight is 459 g/mol. The Balaban J connectivity index is 2.06. The molecule has 2 aromatic heterocycles. The number of hydrogen-bond donors (Lipinski definition) is 2. The zero-order valence-corrected chi connectivity index (χ0v) is 18.1. The molecule has 3 N–H and O–H groups in total. The molecule has 0 radical (unpaired) electrons. The minimum atomic E-state index is -2.71. The molecule has 2 heterocycles. The van der Waals surface area contributed by atoms with Crippen molar-refractivity contribution in [3.63, 3.8) is 0 Å². The molecule has 3 rings (SSSR count). The van der Waals surface area contributed by atoms with E-state index in [-0.39, 0.29) is 29.3 Å². The normalized spacial score (nSPS) is 13.2. The highest BCUT2D eigenvalue weighted by molar-refractivity contribution is 5.87. The number of rotatable bonds is 7. The topological polar surface area (TPSA) is 113 Å². The molecule has 0 amide bonds. The minimum absolute atomic E-state index is 0.0440. The van der Waals surface area contributed by atoms with Crippen molar-refractivity contribution in [3.8, 4) is 6.07 Å². The highest BCUT2D eigenvalue weighted by Crippen LogP contribution is 2.39. The standard InChI is InChI=1S/C22H21F4N7/c1-11(28)32-17(7-22(2,3)21(25)26)14-5-13(6-15(23)18(14)24)33-20-19-16(30-10-31-20)4-12(8-27)9-29-19/h4-6,9-10,17,21H,7H2,1-3H3,(H2,28,32)(H,30,31,33). The van der Waals surface area contributed by atoms with E-state index < -0.39 is 29.5 Å². The Labute approximate surface area is 187 Å². The first-order valence-corrected chi connectivity index (χ1v) is 9.86. The van der Waals surface area contributed by atoms with E-state index >= 15 is 0 Å². The number of nitrogens with two attached hydrogens (primary N) is 1. The number of alkyl halides is 2. The Morgan fingerprint density at radius 1 is 1.21 bits per heavy atom. The monoisotopic (exact) mass is 459 g/mol. The maximum absolute atomic E-state index is 14.8. The first-order valence-electron chi connectivity index (χ1n) is 9.86. The fourth-order valence-corrected chi connectivity index (χ4v) is 3.22. The van der Waals surface area contributed by atoms with E-state index in [0.717, 1.165) is 6.07 Å². The summed E-state index contributed by atoms with van der Waals surface area (Å²) in [6.07, 6.45) is -0.424. The molecule has 33 heavy (non-hydrogen) atoms. The summed E-state index contributed by atoms with van der Waals surface area (Å²) in [7, 11) is 0. The molecule has 1 unspecified atom stereocenters. The second kappa shape index (κ2) is 9.36. The number of nitrogens with one attached hydrogen (secondary N) is 1. The Kier molecular flexibility index (Phi) is 6.76. The summed E-state index contributed by atoms with van der Waals surface area (Å²) in [6.45, 7) is 4.07. The van der Waals surface area contributed by atoms with Crippen molar-refractivity contribution in [2.75, 3.05) is 5.32 Å². The van der Waals surface area contributed by atoms with Gasteiger partial charge in [0.05, 0.1) is 23.0 Å². The highest BCUT2D eigenvalue weighted by atomic mass is 19.3. The quantitative estimate of drug-likeness (QED) is 0.291. The number of anilines is 2. The van der Waals surface area contributed by atoms with Crippen LogP contribution in [0.3, 0.4) is 0 Å². The first-order chi connectivity index (χ1) is 15.5. The van der Waals surface area contributed by atoms with Gasteiger partial charge >= 0.3 is 0 Å². The van der Waals surface area contributed by atoms with E-state index in [4.69, 9.17) is 11.0 Å². The maximum atomic E-state index is 14.8. The first kappa shape index (κ1) is 23.8. The molecule has 0 bridgehead atoms. The minimum Gasteiger partial charge on any atom is -0.388 e. The summed E-state index contributed by atoms with van der Waals surface area (Å²) in [5, 5.41) is 11.9. The number of halogens is 4. The summed E-state index contributed by atoms with van der Waals surface area (Å²) < 4.78 is 56.2. The van der Waals surface area contributed by atoms with Gasteiger partial charge in [0.25, 0.3) is 0 Å². The van der Waals surface area contributed by atoms with Gasteiger partial charge in [-0.25, -0.2) is 32.5 Å². The van der Waals surface area contributed by atoms with Gasteiger partial charge in [0.2, 0.25) is 6.43 Å². The number of fused-ring (bicyclic) bond motifs is 1. The van der Waals surface area contributed by atoms with Crippen LogP contribution in [0.25, 0.3) is 11.0 Å². The third-order valence-corrected chi connectivity index (χ3v) is 4.95. The largest absolute Gasteiger partial charge is 0.388 e. The van der Waals surface area contributed by atoms with Gasteiger partial charge in [-0.2, -0.15) is 5.26 Å². The van der Waals surface area contributed by atoms with Gasteiger partial charge in [0.1, 0.15) is 17.9 Å². The summed E-state index contributed by atoms with van der Waals surface area (Å²) in [5.74, 6) is -2.17. The maximum Gasteiger partial charge on any atom is 0.243 e. The molecule has 0 aliphatic rings. The van der Waals surface area contributed by atoms with Gasteiger partial charge in [-0.15, -0.1) is 0 Å². The Hall–Kier alpha value is -3.81. The second-order valence-corrected chi connectivity index (χ2v) is 8.19. The van der Waals surface area contributed by atoms with Crippen molar-refractivity contribution in [2.45, 2.75) is 39.7 Å². The average Bonchev–Trinajstić information content (AvgIpc) is 2.74. The molecule has 172 valence electrons. The molecule has 0 aliphatic carbocycles. The van der Waals surface area contributed by atoms with Gasteiger partial charge < -0.3 is 11.1 Å². The third kappa shape index (κ3) is 5.34. The third-order valence-electron chi connectivity index (χ3n) is 4.95. The van der Waals surface area contributed by atoms with Gasteiger partial charge in [0.15, 0.2) is 17.5 Å². The summed E-state index contributed by atoms with van der Waals surface area (Å²) in [6, 6.07) is 4.50. The molecule has 0 saturated heterocycles. The molecule has 1 aromatic carbocycles. The fourth-order valence-electron chi connectivity index (χ4n) is 3.22. The Morgan fingerprint density at radius 2 is 1.94 bits per heavy atom. The molecular weight excluding hydrogens is 438 g/mol. The zero-order chi connectivity index (χ0) is 24.3. The fraction of sp³-hybridized carbons (Fsp3) is 0.318. The number of aromatic nitrogens is 3. The van der Waals surface area contributed by atoms with Crippen molar-refractivity contribution < 1.29 is 17.6 Å². The van der Waals surface area contributed by atoms with E-state index in [1.165, 1.54) is 45.4 Å². The lowest BCUT2D eigenvalue weighted by Gasteiger charge is -2.28. The number of pyridine rings is 1. The number of benzene rings is 1. The molecule has 11 heteroatoms. The van der Waals surface area contributed by atoms with Gasteiger partial charge in [-0.3, -0.25) is 4.99 Å². The smallest absolute Gasteiger partial charge is 0.243 e. The van der Waals surface area contributed by atoms with Crippen LogP contribution in [0.5, 0.6) is 0 Å². The molecular formula is C22H21F4N7. The zero-order valence-electron chi connectivity index (χ0n) is 18.1. The van der Waals surface area contributed by atoms with Crippen molar-refractivity contribution >= 4 is 28.4 Å². The van der Waals surface area contributed by atoms with Gasteiger partial charge in [-0.1, -0.05) is 13.8 Å². The SMILES string of the molecule is CC(N)=NC(CC(C)(C)C(F)F)c1cc(Nc2ncnc3cc(C#N)cnc23)cc(F)c1F. The second-order valence-electron chi connectivity index (χ2n) is 8.19. The lowest BCUT2D eigenvalue weighted by atomic mass is 9.83. The van der Waals surface area contributed by atoms with Crippen LogP contribution < -0.4 is 11.1 Å². The van der Waals surface area contributed by atoms with Gasteiger partial charge in [0, 0.05) is 28.9 Å². The summed E-state index contributed by atoms with van der Waals surface area (Å²) >= 11 is 0. The van der Waals surface area contributed by atoms with Crippen LogP contribution in [-0.4, -0.2) is 27.2 Å². The number of amidine groups is 1. The predicted octanol–water partition coefficient (Wildman–Crippen LogP) is 5.02. The van der Waals surface area contributed by atoms with Crippen molar-refractivity contribution in [2.24, 2.45) is 16.1 Å². The molecule has 0 spiro atoms. The Bertz CT molecular complexity index is 1250. The summed E-state index contributed by atoms with van der Waals surface area (Å²) in [4.78, 5) is 16.4. The molecule has 0 aliphatic heterocycles. The lowest BCUT2D eigenvalue weighted by molar-refractivity contribution is 0.00960. The van der Waals surface area contributed by atoms with Crippen LogP contribution >= 0.6 is 0 Å². The van der Waals surface area contributed by atoms with Crippen molar-refractivity contribution in [1.82, 2.24) is 15.0 Å². The molecule has 0 fully saturated rings. The van der Waals surface area contributed by atoms with Crippen molar-refractivity contribution in [3.05, 3.63) is 53.5 Å². The number of nitrogens with zero attached hydrogens (tertiary/aromatic N) is 5. The lowest BCUT2D eigenvalue weighted by Crippen LogP contribution is -2.25. The van der Waals surface area contributed by atoms with Crippen LogP contribution in [0.15, 0.2) is 35.7 Å². The highest BCUT2D eigenvalue weighted by Gasteiger charge is 2.34. The van der Waals surface area contributed by atoms with Crippen molar-refractivity contribution in [1.29, 1.82) is 5.26 Å². The predicted molar refractivity (Wildman–Crippen MR) is 116 cm³/mol. The molecule has 1 atom stereocenters. The van der Waals surface area contributed by atoms with Crippen LogP contribution in [0.1, 0.15) is 44.4 Å². The molecule has 0 saturated carbocycles. The summed E-state index contributed by atoms with van der Waals surface area (Å²) in [5.41, 5.74) is 4.95. The van der Waals surface area contributed by atoms with Gasteiger partial charge in [-0.05, 0) is 25.5 Å². The van der Waals surface area contributed by atoms with E-state index in [9.17, 15) is 17.6 Å². The van der Waals surface area contributed by atoms with Crippen LogP contribution in [0.4, 0.5) is 29.1 Å². The van der Waals surface area contributed by atoms with E-state index in [2.05, 4.69) is 25.3 Å². The number of hydrogen-bond acceptors (Lipinski definition) is 6. The van der Waals surface area contributed by atoms with Crippen LogP contribution in [-0.2, 0) is 0 Å². The number of aliphatic imine (C=N–C) groups is 1. The van der Waals surface area contributed by atoms with Crippen LogP contribution in [0, 0.1) is 28.4 Å². The number of nitriles is 1. The van der Waals surface area contributed by atoms with E-state index in [0.29, 0.717) is 16.6 Å². The Morgan fingerprint density at radius 3 is 2.58 bits per heavy atom. The van der Waals surface area contributed by atoms with Crippen LogP contribution in [0.2, 0.25) is 0 Å². The van der Waals surface area contributed by atoms with E-state index in [1.807, 2.05) is 6.07 Å². The van der Waals surface area contributed by atoms with E-state index in [1.54, 1.807) is 0 Å². The molecule has 7 nitrogen and oxygen atoms in total.